The van der Waals surface area contributed by atoms with Gasteiger partial charge in [0.25, 0.3) is 0 Å². The minimum atomic E-state index is -0.825. The number of carbonyl (C=O) groups is 1. The number of rotatable bonds is 2. The average molecular weight is 315 g/mol. The molecule has 5 heteroatoms. The van der Waals surface area contributed by atoms with E-state index in [9.17, 15) is 9.18 Å². The highest BCUT2D eigenvalue weighted by molar-refractivity contribution is 5.68. The molecule has 1 aliphatic heterocycles. The Morgan fingerprint density at radius 3 is 2.74 bits per heavy atom. The van der Waals surface area contributed by atoms with E-state index in [4.69, 9.17) is 15.2 Å². The second-order valence-electron chi connectivity index (χ2n) is 6.33. The number of amides is 1. The molecule has 2 aromatic rings. The molecule has 0 spiro atoms. The second-order valence-corrected chi connectivity index (χ2v) is 6.33. The van der Waals surface area contributed by atoms with Crippen molar-refractivity contribution in [2.75, 3.05) is 6.61 Å². The molecule has 1 heterocycles. The molecule has 3 rings (SSSR count). The van der Waals surface area contributed by atoms with E-state index in [0.717, 1.165) is 5.56 Å². The number of hydrogen-bond acceptors (Lipinski definition) is 3. The molecule has 1 unspecified atom stereocenters. The number of primary amides is 1. The van der Waals surface area contributed by atoms with Crippen molar-refractivity contribution in [1.29, 1.82) is 0 Å². The van der Waals surface area contributed by atoms with E-state index in [2.05, 4.69) is 0 Å². The van der Waals surface area contributed by atoms with Crippen LogP contribution in [0.25, 0.3) is 11.1 Å². The Labute approximate surface area is 134 Å². The maximum atomic E-state index is 14.0. The van der Waals surface area contributed by atoms with Crippen LogP contribution >= 0.6 is 0 Å². The number of hydrogen-bond donors (Lipinski definition) is 1. The Kier molecular flexibility index (Phi) is 3.72. The molecule has 1 amide bonds. The van der Waals surface area contributed by atoms with Gasteiger partial charge in [0, 0.05) is 16.5 Å². The number of ether oxygens (including phenoxy) is 2. The number of halogens is 1. The Hall–Kier alpha value is -2.56. The minimum Gasteiger partial charge on any atom is -0.492 e. The van der Waals surface area contributed by atoms with Crippen molar-refractivity contribution in [3.63, 3.8) is 0 Å². The van der Waals surface area contributed by atoms with Crippen LogP contribution in [0.4, 0.5) is 9.18 Å². The Morgan fingerprint density at radius 2 is 2.04 bits per heavy atom. The fraction of sp³-hybridized carbons (Fsp3) is 0.278. The van der Waals surface area contributed by atoms with E-state index >= 15 is 0 Å². The molecule has 0 aromatic heterocycles. The molecule has 1 atom stereocenters. The van der Waals surface area contributed by atoms with Gasteiger partial charge in [0.1, 0.15) is 17.7 Å². The molecule has 2 N–H and O–H groups in total. The summed E-state index contributed by atoms with van der Waals surface area (Å²) < 4.78 is 25.0. The van der Waals surface area contributed by atoms with Crippen LogP contribution < -0.4 is 10.5 Å². The Bertz CT molecular complexity index is 758. The number of fused-ring (bicyclic) bond motifs is 1. The fourth-order valence-electron chi connectivity index (χ4n) is 2.84. The summed E-state index contributed by atoms with van der Waals surface area (Å²) in [4.78, 5) is 11.2. The van der Waals surface area contributed by atoms with Crippen LogP contribution in [0.3, 0.4) is 0 Å². The molecule has 2 aromatic carbocycles. The maximum absolute atomic E-state index is 14.0. The summed E-state index contributed by atoms with van der Waals surface area (Å²) in [5.74, 6) is 0.282. The van der Waals surface area contributed by atoms with Gasteiger partial charge in [0.15, 0.2) is 0 Å². The third kappa shape index (κ3) is 2.86. The Balaban J connectivity index is 2.04. The van der Waals surface area contributed by atoms with Crippen molar-refractivity contribution in [3.05, 3.63) is 53.8 Å². The van der Waals surface area contributed by atoms with Crippen LogP contribution in [0, 0.1) is 11.2 Å². The second kappa shape index (κ2) is 5.57. The topological polar surface area (TPSA) is 61.6 Å². The van der Waals surface area contributed by atoms with Crippen molar-refractivity contribution in [2.45, 2.75) is 20.0 Å². The van der Waals surface area contributed by atoms with Gasteiger partial charge in [0.05, 0.1) is 6.61 Å². The summed E-state index contributed by atoms with van der Waals surface area (Å²) in [5, 5.41) is 0. The number of benzene rings is 2. The molecular weight excluding hydrogens is 297 g/mol. The van der Waals surface area contributed by atoms with Crippen LogP contribution in [0.15, 0.2) is 42.5 Å². The molecule has 0 aliphatic carbocycles. The van der Waals surface area contributed by atoms with Gasteiger partial charge in [-0.1, -0.05) is 44.2 Å². The van der Waals surface area contributed by atoms with E-state index in [-0.39, 0.29) is 5.82 Å². The standard InChI is InChI=1S/C18H18FNO3/c1-18(2)10-22-15-9-11(12-5-3-4-6-14(12)19)7-8-13(15)16(18)23-17(20)21/h3-9,16H,10H2,1-2H3,(H2,20,21). The highest BCUT2D eigenvalue weighted by atomic mass is 19.1. The minimum absolute atomic E-state index is 0.298. The molecular formula is C18H18FNO3. The largest absolute Gasteiger partial charge is 0.492 e. The first-order valence-electron chi connectivity index (χ1n) is 7.36. The van der Waals surface area contributed by atoms with Gasteiger partial charge in [-0.2, -0.15) is 0 Å². The van der Waals surface area contributed by atoms with E-state index in [1.165, 1.54) is 6.07 Å². The molecule has 0 radical (unpaired) electrons. The molecule has 23 heavy (non-hydrogen) atoms. The molecule has 1 aliphatic rings. The van der Waals surface area contributed by atoms with Crippen LogP contribution in [-0.4, -0.2) is 12.7 Å². The zero-order chi connectivity index (χ0) is 16.6. The van der Waals surface area contributed by atoms with Crippen molar-refractivity contribution < 1.29 is 18.7 Å². The first kappa shape index (κ1) is 15.3. The lowest BCUT2D eigenvalue weighted by molar-refractivity contribution is -0.0176. The highest BCUT2D eigenvalue weighted by Crippen LogP contribution is 2.46. The lowest BCUT2D eigenvalue weighted by atomic mass is 9.80. The lowest BCUT2D eigenvalue weighted by Crippen LogP contribution is -2.37. The van der Waals surface area contributed by atoms with Crippen molar-refractivity contribution in [1.82, 2.24) is 0 Å². The number of nitrogens with two attached hydrogens (primary N) is 1. The first-order valence-corrected chi connectivity index (χ1v) is 7.36. The van der Waals surface area contributed by atoms with Gasteiger partial charge in [-0.25, -0.2) is 9.18 Å². The summed E-state index contributed by atoms with van der Waals surface area (Å²) in [5.41, 5.74) is 6.73. The van der Waals surface area contributed by atoms with Crippen molar-refractivity contribution >= 4 is 6.09 Å². The summed E-state index contributed by atoms with van der Waals surface area (Å²) in [7, 11) is 0. The van der Waals surface area contributed by atoms with Crippen molar-refractivity contribution in [2.24, 2.45) is 11.1 Å². The van der Waals surface area contributed by atoms with Crippen molar-refractivity contribution in [3.8, 4) is 16.9 Å². The van der Waals surface area contributed by atoms with E-state index in [1.54, 1.807) is 36.4 Å². The SMILES string of the molecule is CC1(C)COc2cc(-c3ccccc3F)ccc2C1OC(N)=O. The summed E-state index contributed by atoms with van der Waals surface area (Å²) in [6.07, 6.45) is -1.33. The maximum Gasteiger partial charge on any atom is 0.405 e. The third-order valence-electron chi connectivity index (χ3n) is 4.02. The van der Waals surface area contributed by atoms with Gasteiger partial charge in [0.2, 0.25) is 0 Å². The van der Waals surface area contributed by atoms with Crippen LogP contribution in [-0.2, 0) is 4.74 Å². The van der Waals surface area contributed by atoms with Gasteiger partial charge in [-0.3, -0.25) is 0 Å². The third-order valence-corrected chi connectivity index (χ3v) is 4.02. The van der Waals surface area contributed by atoms with Crippen LogP contribution in [0.1, 0.15) is 25.5 Å². The van der Waals surface area contributed by atoms with Gasteiger partial charge in [-0.05, 0) is 17.7 Å². The predicted octanol–water partition coefficient (Wildman–Crippen LogP) is 4.05. The predicted molar refractivity (Wildman–Crippen MR) is 84.5 cm³/mol. The molecule has 0 saturated heterocycles. The zero-order valence-electron chi connectivity index (χ0n) is 13.0. The normalized spacial score (nSPS) is 18.7. The molecule has 0 saturated carbocycles. The van der Waals surface area contributed by atoms with E-state index in [0.29, 0.717) is 23.5 Å². The van der Waals surface area contributed by atoms with Crippen LogP contribution in [0.5, 0.6) is 5.75 Å². The molecule has 0 fully saturated rings. The summed E-state index contributed by atoms with van der Waals surface area (Å²) in [6, 6.07) is 11.9. The Morgan fingerprint density at radius 1 is 1.30 bits per heavy atom. The van der Waals surface area contributed by atoms with Gasteiger partial charge >= 0.3 is 6.09 Å². The molecule has 0 bridgehead atoms. The lowest BCUT2D eigenvalue weighted by Gasteiger charge is -2.38. The van der Waals surface area contributed by atoms with Gasteiger partial charge in [-0.15, -0.1) is 0 Å². The summed E-state index contributed by atoms with van der Waals surface area (Å²) >= 11 is 0. The van der Waals surface area contributed by atoms with Crippen LogP contribution in [0.2, 0.25) is 0 Å². The molecule has 120 valence electrons. The monoisotopic (exact) mass is 315 g/mol. The smallest absolute Gasteiger partial charge is 0.405 e. The van der Waals surface area contributed by atoms with Gasteiger partial charge < -0.3 is 15.2 Å². The van der Waals surface area contributed by atoms with E-state index < -0.39 is 17.6 Å². The zero-order valence-corrected chi connectivity index (χ0v) is 13.0. The highest BCUT2D eigenvalue weighted by Gasteiger charge is 2.40. The summed E-state index contributed by atoms with van der Waals surface area (Å²) in [6.45, 7) is 4.25. The molecule has 4 nitrogen and oxygen atoms in total. The average Bonchev–Trinajstić information content (AvgIpc) is 2.50. The number of carbonyl (C=O) groups excluding carboxylic acids is 1. The first-order chi connectivity index (χ1) is 10.9. The van der Waals surface area contributed by atoms with E-state index in [1.807, 2.05) is 13.8 Å². The fourth-order valence-corrected chi connectivity index (χ4v) is 2.84. The quantitative estimate of drug-likeness (QED) is 0.909.